The van der Waals surface area contributed by atoms with Gasteiger partial charge in [-0.1, -0.05) is 26.0 Å². The van der Waals surface area contributed by atoms with Crippen LogP contribution in [0.15, 0.2) is 24.3 Å². The lowest BCUT2D eigenvalue weighted by atomic mass is 9.91. The maximum atomic E-state index is 9.26. The van der Waals surface area contributed by atoms with Crippen molar-refractivity contribution in [1.29, 1.82) is 0 Å². The summed E-state index contributed by atoms with van der Waals surface area (Å²) in [6.45, 7) is 6.97. The average Bonchev–Trinajstić information content (AvgIpc) is 2.61. The van der Waals surface area contributed by atoms with Gasteiger partial charge in [0.1, 0.15) is 5.75 Å². The molecular weight excluding hydrogens is 222 g/mol. The van der Waals surface area contributed by atoms with Gasteiger partial charge in [0.15, 0.2) is 0 Å². The maximum Gasteiger partial charge on any atom is 0.115 e. The molecule has 1 aromatic carbocycles. The third kappa shape index (κ3) is 3.74. The molecule has 18 heavy (non-hydrogen) atoms. The first-order valence-electron chi connectivity index (χ1n) is 6.99. The van der Waals surface area contributed by atoms with Gasteiger partial charge in [0.2, 0.25) is 0 Å². The molecule has 0 aromatic heterocycles. The van der Waals surface area contributed by atoms with Crippen LogP contribution in [0.4, 0.5) is 0 Å². The van der Waals surface area contributed by atoms with Crippen LogP contribution in [0.3, 0.4) is 0 Å². The molecule has 100 valence electrons. The second kappa shape index (κ2) is 5.31. The molecule has 0 radical (unpaired) electrons. The Morgan fingerprint density at radius 2 is 2.00 bits per heavy atom. The molecule has 2 heteroatoms. The summed E-state index contributed by atoms with van der Waals surface area (Å²) in [5.41, 5.74) is 1.79. The molecule has 0 bridgehead atoms. The fourth-order valence-electron chi connectivity index (χ4n) is 3.03. The van der Waals surface area contributed by atoms with Crippen molar-refractivity contribution in [2.75, 3.05) is 0 Å². The highest BCUT2D eigenvalue weighted by atomic mass is 16.3. The van der Waals surface area contributed by atoms with Crippen LogP contribution in [0, 0.1) is 5.41 Å². The van der Waals surface area contributed by atoms with Crippen LogP contribution in [0.1, 0.15) is 45.6 Å². The first-order valence-corrected chi connectivity index (χ1v) is 6.99. The van der Waals surface area contributed by atoms with Crippen LogP contribution in [0.2, 0.25) is 0 Å². The lowest BCUT2D eigenvalue weighted by Crippen LogP contribution is -2.36. The molecule has 2 unspecified atom stereocenters. The molecule has 0 amide bonds. The number of benzene rings is 1. The third-order valence-electron chi connectivity index (χ3n) is 3.97. The molecule has 1 saturated carbocycles. The smallest absolute Gasteiger partial charge is 0.115 e. The molecule has 1 aliphatic carbocycles. The third-order valence-corrected chi connectivity index (χ3v) is 3.97. The van der Waals surface area contributed by atoms with Crippen molar-refractivity contribution >= 4 is 0 Å². The Hall–Kier alpha value is -1.02. The molecule has 0 aliphatic heterocycles. The fraction of sp³-hybridized carbons (Fsp3) is 0.625. The zero-order valence-electron chi connectivity index (χ0n) is 11.7. The van der Waals surface area contributed by atoms with E-state index in [-0.39, 0.29) is 0 Å². The first kappa shape index (κ1) is 13.4. The second-order valence-corrected chi connectivity index (χ2v) is 6.54. The lowest BCUT2D eigenvalue weighted by molar-refractivity contribution is 0.354. The zero-order chi connectivity index (χ0) is 13.2. The van der Waals surface area contributed by atoms with Crippen LogP contribution >= 0.6 is 0 Å². The topological polar surface area (TPSA) is 32.3 Å². The van der Waals surface area contributed by atoms with Crippen molar-refractivity contribution in [3.63, 3.8) is 0 Å². The number of hydrogen-bond acceptors (Lipinski definition) is 2. The molecule has 2 nitrogen and oxygen atoms in total. The van der Waals surface area contributed by atoms with Gasteiger partial charge in [-0.25, -0.2) is 0 Å². The van der Waals surface area contributed by atoms with E-state index in [9.17, 15) is 5.11 Å². The fourth-order valence-corrected chi connectivity index (χ4v) is 3.03. The molecule has 0 saturated heterocycles. The lowest BCUT2D eigenvalue weighted by Gasteiger charge is -2.21. The monoisotopic (exact) mass is 247 g/mol. The van der Waals surface area contributed by atoms with E-state index >= 15 is 0 Å². The van der Waals surface area contributed by atoms with Gasteiger partial charge in [-0.3, -0.25) is 0 Å². The molecule has 1 aromatic rings. The summed E-state index contributed by atoms with van der Waals surface area (Å²) in [6, 6.07) is 8.71. The van der Waals surface area contributed by atoms with Crippen molar-refractivity contribution in [2.45, 2.75) is 58.5 Å². The van der Waals surface area contributed by atoms with E-state index in [0.717, 1.165) is 6.42 Å². The van der Waals surface area contributed by atoms with Crippen LogP contribution in [-0.4, -0.2) is 17.2 Å². The van der Waals surface area contributed by atoms with Crippen LogP contribution in [0.5, 0.6) is 5.75 Å². The summed E-state index contributed by atoms with van der Waals surface area (Å²) in [7, 11) is 0. The highest BCUT2D eigenvalue weighted by molar-refractivity contribution is 5.26. The summed E-state index contributed by atoms with van der Waals surface area (Å²) in [5.74, 6) is 0.344. The minimum atomic E-state index is 0.344. The Bertz CT molecular complexity index is 383. The van der Waals surface area contributed by atoms with Crippen LogP contribution < -0.4 is 5.32 Å². The molecule has 0 spiro atoms. The van der Waals surface area contributed by atoms with Crippen molar-refractivity contribution in [2.24, 2.45) is 5.41 Å². The highest BCUT2D eigenvalue weighted by Gasteiger charge is 2.31. The molecule has 1 fully saturated rings. The Kier molecular flexibility index (Phi) is 3.96. The van der Waals surface area contributed by atoms with Crippen LogP contribution in [0.25, 0.3) is 0 Å². The van der Waals surface area contributed by atoms with Crippen molar-refractivity contribution < 1.29 is 5.11 Å². The largest absolute Gasteiger partial charge is 0.508 e. The van der Waals surface area contributed by atoms with E-state index in [0.29, 0.717) is 23.2 Å². The average molecular weight is 247 g/mol. The van der Waals surface area contributed by atoms with E-state index in [2.05, 4.69) is 26.1 Å². The number of aromatic hydroxyl groups is 1. The quantitative estimate of drug-likeness (QED) is 0.853. The molecule has 2 N–H and O–H groups in total. The van der Waals surface area contributed by atoms with Crippen molar-refractivity contribution in [1.82, 2.24) is 5.32 Å². The summed E-state index contributed by atoms with van der Waals surface area (Å²) in [6.07, 6.45) is 4.94. The molecule has 1 aliphatic rings. The van der Waals surface area contributed by atoms with Crippen LogP contribution in [-0.2, 0) is 6.42 Å². The van der Waals surface area contributed by atoms with Crippen molar-refractivity contribution in [3.8, 4) is 5.75 Å². The predicted molar refractivity (Wildman–Crippen MR) is 75.8 cm³/mol. The standard InChI is InChI=1S/C16H25NO/c1-12(10-13-4-6-15(18)7-5-13)17-14-8-9-16(2,3)11-14/h4-7,12,14,17-18H,8-11H2,1-3H3. The number of phenolic OH excluding ortho intramolecular Hbond substituents is 1. The van der Waals surface area contributed by atoms with Gasteiger partial charge in [0, 0.05) is 12.1 Å². The second-order valence-electron chi connectivity index (χ2n) is 6.54. The van der Waals surface area contributed by atoms with E-state index < -0.39 is 0 Å². The molecule has 2 atom stereocenters. The number of rotatable bonds is 4. The Morgan fingerprint density at radius 3 is 2.56 bits per heavy atom. The van der Waals surface area contributed by atoms with Gasteiger partial charge in [0.05, 0.1) is 0 Å². The van der Waals surface area contributed by atoms with E-state index in [1.807, 2.05) is 12.1 Å². The zero-order valence-corrected chi connectivity index (χ0v) is 11.7. The number of hydrogen-bond donors (Lipinski definition) is 2. The summed E-state index contributed by atoms with van der Waals surface area (Å²) in [4.78, 5) is 0. The van der Waals surface area contributed by atoms with Gasteiger partial charge in [-0.2, -0.15) is 0 Å². The molecule has 2 rings (SSSR count). The van der Waals surface area contributed by atoms with Gasteiger partial charge in [0.25, 0.3) is 0 Å². The molecule has 0 heterocycles. The van der Waals surface area contributed by atoms with Gasteiger partial charge in [-0.15, -0.1) is 0 Å². The van der Waals surface area contributed by atoms with Gasteiger partial charge < -0.3 is 10.4 Å². The van der Waals surface area contributed by atoms with E-state index in [1.165, 1.54) is 24.8 Å². The SMILES string of the molecule is CC(Cc1ccc(O)cc1)NC1CCC(C)(C)C1. The van der Waals surface area contributed by atoms with Gasteiger partial charge in [-0.05, 0) is 55.7 Å². The summed E-state index contributed by atoms with van der Waals surface area (Å²) in [5, 5.41) is 13.0. The first-order chi connectivity index (χ1) is 8.44. The predicted octanol–water partition coefficient (Wildman–Crippen LogP) is 3.49. The Balaban J connectivity index is 1.82. The normalized spacial score (nSPS) is 24.1. The summed E-state index contributed by atoms with van der Waals surface area (Å²) < 4.78 is 0. The minimum absolute atomic E-state index is 0.344. The van der Waals surface area contributed by atoms with E-state index in [1.54, 1.807) is 12.1 Å². The van der Waals surface area contributed by atoms with Crippen molar-refractivity contribution in [3.05, 3.63) is 29.8 Å². The van der Waals surface area contributed by atoms with E-state index in [4.69, 9.17) is 0 Å². The Morgan fingerprint density at radius 1 is 1.33 bits per heavy atom. The maximum absolute atomic E-state index is 9.26. The minimum Gasteiger partial charge on any atom is -0.508 e. The summed E-state index contributed by atoms with van der Waals surface area (Å²) >= 11 is 0. The number of nitrogens with one attached hydrogen (secondary N) is 1. The molecular formula is C16H25NO. The highest BCUT2D eigenvalue weighted by Crippen LogP contribution is 2.37. The van der Waals surface area contributed by atoms with Gasteiger partial charge >= 0.3 is 0 Å². The Labute approximate surface area is 110 Å². The number of phenols is 1.